The van der Waals surface area contributed by atoms with Crippen molar-refractivity contribution in [2.24, 2.45) is 5.92 Å². The van der Waals surface area contributed by atoms with E-state index in [2.05, 4.69) is 5.32 Å². The largest absolute Gasteiger partial charge is 0.338 e. The van der Waals surface area contributed by atoms with Gasteiger partial charge in [-0.2, -0.15) is 0 Å². The Morgan fingerprint density at radius 2 is 2.41 bits per heavy atom. The molecule has 1 atom stereocenters. The summed E-state index contributed by atoms with van der Waals surface area (Å²) in [6, 6.07) is 3.58. The van der Waals surface area contributed by atoms with E-state index < -0.39 is 0 Å². The summed E-state index contributed by atoms with van der Waals surface area (Å²) in [5.41, 5.74) is 0. The summed E-state index contributed by atoms with van der Waals surface area (Å²) in [5.74, 6) is 0.708. The highest BCUT2D eigenvalue weighted by molar-refractivity contribution is 7.17. The van der Waals surface area contributed by atoms with E-state index in [0.29, 0.717) is 10.3 Å². The summed E-state index contributed by atoms with van der Waals surface area (Å²) >= 11 is 7.18. The van der Waals surface area contributed by atoms with Gasteiger partial charge < -0.3 is 10.2 Å². The van der Waals surface area contributed by atoms with E-state index in [0.717, 1.165) is 30.9 Å². The number of amides is 1. The van der Waals surface area contributed by atoms with E-state index >= 15 is 0 Å². The first-order valence-corrected chi connectivity index (χ1v) is 6.59. The van der Waals surface area contributed by atoms with Gasteiger partial charge >= 0.3 is 0 Å². The molecule has 0 aliphatic carbocycles. The van der Waals surface area contributed by atoms with Crippen molar-refractivity contribution in [1.29, 1.82) is 0 Å². The van der Waals surface area contributed by atoms with E-state index in [-0.39, 0.29) is 18.3 Å². The summed E-state index contributed by atoms with van der Waals surface area (Å²) in [4.78, 5) is 14.7. The van der Waals surface area contributed by atoms with Crippen LogP contribution in [0.3, 0.4) is 0 Å². The lowest BCUT2D eigenvalue weighted by Gasteiger charge is -2.15. The van der Waals surface area contributed by atoms with Crippen molar-refractivity contribution < 1.29 is 4.79 Å². The Hall–Kier alpha value is -0.290. The molecule has 0 aromatic carbocycles. The summed E-state index contributed by atoms with van der Waals surface area (Å²) in [5, 5.41) is 3.16. The zero-order valence-corrected chi connectivity index (χ0v) is 12.0. The van der Waals surface area contributed by atoms with E-state index in [4.69, 9.17) is 11.6 Å². The summed E-state index contributed by atoms with van der Waals surface area (Å²) < 4.78 is 0.675. The molecule has 1 aliphatic rings. The van der Waals surface area contributed by atoms with Gasteiger partial charge in [0.2, 0.25) is 0 Å². The molecule has 1 saturated heterocycles. The van der Waals surface area contributed by atoms with E-state index in [9.17, 15) is 4.79 Å². The molecule has 1 aromatic heterocycles. The molecule has 1 unspecified atom stereocenters. The summed E-state index contributed by atoms with van der Waals surface area (Å²) in [6.45, 7) is 2.70. The SMILES string of the molecule is CNCC1CCN(C(=O)c2ccc(Cl)s2)C1.Cl. The molecule has 1 aliphatic heterocycles. The molecule has 3 nitrogen and oxygen atoms in total. The summed E-state index contributed by atoms with van der Waals surface area (Å²) in [6.07, 6.45) is 1.09. The van der Waals surface area contributed by atoms with Gasteiger partial charge in [-0.3, -0.25) is 4.79 Å². The van der Waals surface area contributed by atoms with Crippen LogP contribution in [0.2, 0.25) is 4.34 Å². The minimum Gasteiger partial charge on any atom is -0.338 e. The van der Waals surface area contributed by atoms with Gasteiger partial charge in [0.05, 0.1) is 9.21 Å². The fourth-order valence-electron chi connectivity index (χ4n) is 2.06. The molecular formula is C11H16Cl2N2OS. The van der Waals surface area contributed by atoms with Crippen molar-refractivity contribution in [2.75, 3.05) is 26.7 Å². The van der Waals surface area contributed by atoms with Crippen molar-refractivity contribution >= 4 is 41.3 Å². The maximum absolute atomic E-state index is 12.1. The number of hydrogen-bond donors (Lipinski definition) is 1. The number of nitrogens with zero attached hydrogens (tertiary/aromatic N) is 1. The number of thiophene rings is 1. The second kappa shape index (κ2) is 6.59. The highest BCUT2D eigenvalue weighted by Crippen LogP contribution is 2.25. The van der Waals surface area contributed by atoms with Gasteiger partial charge in [0.15, 0.2) is 0 Å². The molecule has 96 valence electrons. The first kappa shape index (κ1) is 14.8. The van der Waals surface area contributed by atoms with Crippen LogP contribution in [0.5, 0.6) is 0 Å². The predicted octanol–water partition coefficient (Wildman–Crippen LogP) is 2.50. The third-order valence-electron chi connectivity index (χ3n) is 2.85. The van der Waals surface area contributed by atoms with Crippen molar-refractivity contribution in [3.63, 3.8) is 0 Å². The first-order valence-electron chi connectivity index (χ1n) is 5.40. The van der Waals surface area contributed by atoms with Crippen LogP contribution >= 0.6 is 35.3 Å². The average Bonchev–Trinajstić information content (AvgIpc) is 2.87. The van der Waals surface area contributed by atoms with Gasteiger partial charge in [-0.15, -0.1) is 23.7 Å². The zero-order chi connectivity index (χ0) is 11.5. The molecule has 0 bridgehead atoms. The van der Waals surface area contributed by atoms with Crippen molar-refractivity contribution in [1.82, 2.24) is 10.2 Å². The van der Waals surface area contributed by atoms with Gasteiger partial charge in [-0.25, -0.2) is 0 Å². The van der Waals surface area contributed by atoms with E-state index in [1.807, 2.05) is 11.9 Å². The Morgan fingerprint density at radius 1 is 1.65 bits per heavy atom. The van der Waals surface area contributed by atoms with Crippen LogP contribution in [0.15, 0.2) is 12.1 Å². The molecule has 1 N–H and O–H groups in total. The molecule has 0 saturated carbocycles. The molecule has 0 spiro atoms. The lowest BCUT2D eigenvalue weighted by molar-refractivity contribution is 0.0792. The van der Waals surface area contributed by atoms with Crippen molar-refractivity contribution in [3.05, 3.63) is 21.3 Å². The summed E-state index contributed by atoms with van der Waals surface area (Å²) in [7, 11) is 1.95. The number of nitrogens with one attached hydrogen (secondary N) is 1. The highest BCUT2D eigenvalue weighted by atomic mass is 35.5. The fraction of sp³-hybridized carbons (Fsp3) is 0.545. The Kier molecular flexibility index (Phi) is 5.73. The van der Waals surface area contributed by atoms with Gasteiger partial charge in [0.25, 0.3) is 5.91 Å². The third-order valence-corrected chi connectivity index (χ3v) is 4.07. The van der Waals surface area contributed by atoms with E-state index in [1.165, 1.54) is 11.3 Å². The predicted molar refractivity (Wildman–Crippen MR) is 74.5 cm³/mol. The fourth-order valence-corrected chi connectivity index (χ4v) is 3.07. The third kappa shape index (κ3) is 3.58. The Labute approximate surface area is 117 Å². The quantitative estimate of drug-likeness (QED) is 0.929. The maximum Gasteiger partial charge on any atom is 0.263 e. The smallest absolute Gasteiger partial charge is 0.263 e. The molecule has 1 amide bonds. The topological polar surface area (TPSA) is 32.3 Å². The number of halogens is 2. The van der Waals surface area contributed by atoms with Gasteiger partial charge in [-0.05, 0) is 38.1 Å². The molecule has 2 heterocycles. The highest BCUT2D eigenvalue weighted by Gasteiger charge is 2.27. The second-order valence-electron chi connectivity index (χ2n) is 4.07. The van der Waals surface area contributed by atoms with Gasteiger partial charge in [0, 0.05) is 13.1 Å². The molecule has 2 rings (SSSR count). The molecule has 1 fully saturated rings. The van der Waals surface area contributed by atoms with Crippen LogP contribution in [0.1, 0.15) is 16.1 Å². The minimum absolute atomic E-state index is 0. The normalized spacial score (nSPS) is 19.2. The standard InChI is InChI=1S/C11H15ClN2OS.ClH/c1-13-6-8-4-5-14(7-8)11(15)9-2-3-10(12)16-9;/h2-3,8,13H,4-7H2,1H3;1H. The Balaban J connectivity index is 0.00000144. The molecule has 0 radical (unpaired) electrons. The lowest BCUT2D eigenvalue weighted by atomic mass is 10.1. The number of hydrogen-bond acceptors (Lipinski definition) is 3. The number of carbonyl (C=O) groups excluding carboxylic acids is 1. The number of rotatable bonds is 3. The Morgan fingerprint density at radius 3 is 3.00 bits per heavy atom. The van der Waals surface area contributed by atoms with Gasteiger partial charge in [-0.1, -0.05) is 11.6 Å². The van der Waals surface area contributed by atoms with Crippen LogP contribution < -0.4 is 5.32 Å². The lowest BCUT2D eigenvalue weighted by Crippen LogP contribution is -2.29. The van der Waals surface area contributed by atoms with Crippen LogP contribution in [-0.4, -0.2) is 37.5 Å². The average molecular weight is 295 g/mol. The maximum atomic E-state index is 12.1. The van der Waals surface area contributed by atoms with Crippen LogP contribution in [-0.2, 0) is 0 Å². The molecular weight excluding hydrogens is 279 g/mol. The number of carbonyl (C=O) groups is 1. The van der Waals surface area contributed by atoms with Crippen molar-refractivity contribution in [2.45, 2.75) is 6.42 Å². The van der Waals surface area contributed by atoms with Crippen molar-refractivity contribution in [3.8, 4) is 0 Å². The number of likely N-dealkylation sites (tertiary alicyclic amines) is 1. The monoisotopic (exact) mass is 294 g/mol. The zero-order valence-electron chi connectivity index (χ0n) is 9.61. The molecule has 6 heteroatoms. The second-order valence-corrected chi connectivity index (χ2v) is 5.78. The van der Waals surface area contributed by atoms with Gasteiger partial charge in [0.1, 0.15) is 0 Å². The van der Waals surface area contributed by atoms with E-state index in [1.54, 1.807) is 12.1 Å². The molecule has 1 aromatic rings. The van der Waals surface area contributed by atoms with Crippen LogP contribution in [0.4, 0.5) is 0 Å². The molecule has 17 heavy (non-hydrogen) atoms. The Bertz CT molecular complexity index is 383. The first-order chi connectivity index (χ1) is 7.70. The minimum atomic E-state index is 0. The van der Waals surface area contributed by atoms with Crippen LogP contribution in [0, 0.1) is 5.92 Å². The van der Waals surface area contributed by atoms with Crippen LogP contribution in [0.25, 0.3) is 0 Å².